The van der Waals surface area contributed by atoms with Gasteiger partial charge in [-0.25, -0.2) is 4.98 Å². The standard InChI is InChI=1S/C14H18N2O3/c1-2-14(18)5-7-16(9-12(14)17)13-10-4-8-19-11(10)3-6-15-13/h3-4,6,8,12,17-18H,2,5,7,9H2,1H3/t12-,14-/m1/s1. The number of hydrogen-bond donors (Lipinski definition) is 2. The van der Waals surface area contributed by atoms with Crippen LogP contribution in [0, 0.1) is 0 Å². The molecule has 0 saturated carbocycles. The van der Waals surface area contributed by atoms with E-state index < -0.39 is 11.7 Å². The van der Waals surface area contributed by atoms with E-state index in [1.54, 1.807) is 12.5 Å². The summed E-state index contributed by atoms with van der Waals surface area (Å²) >= 11 is 0. The van der Waals surface area contributed by atoms with Gasteiger partial charge in [0.25, 0.3) is 0 Å². The van der Waals surface area contributed by atoms with Gasteiger partial charge in [-0.1, -0.05) is 6.92 Å². The summed E-state index contributed by atoms with van der Waals surface area (Å²) in [6.07, 6.45) is 3.69. The van der Waals surface area contributed by atoms with E-state index in [-0.39, 0.29) is 0 Å². The average molecular weight is 262 g/mol. The van der Waals surface area contributed by atoms with Gasteiger partial charge in [0.05, 0.1) is 17.3 Å². The number of rotatable bonds is 2. The van der Waals surface area contributed by atoms with Crippen molar-refractivity contribution in [1.29, 1.82) is 0 Å². The summed E-state index contributed by atoms with van der Waals surface area (Å²) in [7, 11) is 0. The molecule has 2 aromatic rings. The largest absolute Gasteiger partial charge is 0.464 e. The quantitative estimate of drug-likeness (QED) is 0.859. The molecule has 2 atom stereocenters. The SMILES string of the molecule is CC[C@@]1(O)CCN(c2nccc3occc23)C[C@H]1O. The van der Waals surface area contributed by atoms with Crippen molar-refractivity contribution in [3.63, 3.8) is 0 Å². The maximum Gasteiger partial charge on any atom is 0.139 e. The molecule has 1 aliphatic heterocycles. The summed E-state index contributed by atoms with van der Waals surface area (Å²) in [4.78, 5) is 6.39. The van der Waals surface area contributed by atoms with E-state index in [0.717, 1.165) is 16.8 Å². The molecule has 3 rings (SSSR count). The molecule has 5 heteroatoms. The fraction of sp³-hybridized carbons (Fsp3) is 0.500. The Labute approximate surface area is 111 Å². The van der Waals surface area contributed by atoms with Gasteiger partial charge in [-0.2, -0.15) is 0 Å². The molecule has 3 heterocycles. The van der Waals surface area contributed by atoms with E-state index >= 15 is 0 Å². The molecule has 0 spiro atoms. The van der Waals surface area contributed by atoms with Gasteiger partial charge in [0, 0.05) is 19.3 Å². The number of nitrogens with zero attached hydrogens (tertiary/aromatic N) is 2. The summed E-state index contributed by atoms with van der Waals surface area (Å²) in [5.41, 5.74) is -0.184. The number of furan rings is 1. The molecule has 102 valence electrons. The van der Waals surface area contributed by atoms with E-state index in [2.05, 4.69) is 4.98 Å². The van der Waals surface area contributed by atoms with Gasteiger partial charge in [0.1, 0.15) is 17.5 Å². The van der Waals surface area contributed by atoms with Gasteiger partial charge in [-0.3, -0.25) is 0 Å². The highest BCUT2D eigenvalue weighted by atomic mass is 16.3. The van der Waals surface area contributed by atoms with Crippen LogP contribution in [0.5, 0.6) is 0 Å². The number of hydrogen-bond acceptors (Lipinski definition) is 5. The molecule has 0 radical (unpaired) electrons. The summed E-state index contributed by atoms with van der Waals surface area (Å²) in [5, 5.41) is 21.4. The van der Waals surface area contributed by atoms with Gasteiger partial charge >= 0.3 is 0 Å². The Morgan fingerprint density at radius 1 is 1.53 bits per heavy atom. The molecule has 1 aliphatic rings. The molecule has 2 aromatic heterocycles. The molecule has 1 saturated heterocycles. The Kier molecular flexibility index (Phi) is 2.95. The normalized spacial score (nSPS) is 27.9. The monoisotopic (exact) mass is 262 g/mol. The summed E-state index contributed by atoms with van der Waals surface area (Å²) < 4.78 is 5.36. The van der Waals surface area contributed by atoms with E-state index in [1.165, 1.54) is 0 Å². The maximum absolute atomic E-state index is 10.3. The molecule has 0 aromatic carbocycles. The third kappa shape index (κ3) is 1.99. The molecule has 2 N–H and O–H groups in total. The maximum atomic E-state index is 10.3. The third-order valence-corrected chi connectivity index (χ3v) is 4.10. The second-order valence-corrected chi connectivity index (χ2v) is 5.14. The first-order valence-corrected chi connectivity index (χ1v) is 6.61. The lowest BCUT2D eigenvalue weighted by molar-refractivity contribution is -0.0879. The van der Waals surface area contributed by atoms with Crippen molar-refractivity contribution in [2.24, 2.45) is 0 Å². The highest BCUT2D eigenvalue weighted by Gasteiger charge is 2.39. The average Bonchev–Trinajstić information content (AvgIpc) is 2.90. The van der Waals surface area contributed by atoms with Crippen LogP contribution in [0.2, 0.25) is 0 Å². The van der Waals surface area contributed by atoms with Crippen LogP contribution in [-0.2, 0) is 0 Å². The molecular formula is C14H18N2O3. The Bertz CT molecular complexity index is 583. The first kappa shape index (κ1) is 12.4. The number of fused-ring (bicyclic) bond motifs is 1. The van der Waals surface area contributed by atoms with Crippen LogP contribution >= 0.6 is 0 Å². The lowest BCUT2D eigenvalue weighted by Gasteiger charge is -2.42. The predicted molar refractivity (Wildman–Crippen MR) is 72.1 cm³/mol. The van der Waals surface area contributed by atoms with Crippen LogP contribution < -0.4 is 4.90 Å². The fourth-order valence-corrected chi connectivity index (χ4v) is 2.70. The van der Waals surface area contributed by atoms with Crippen molar-refractivity contribution in [2.75, 3.05) is 18.0 Å². The van der Waals surface area contributed by atoms with Gasteiger partial charge in [-0.15, -0.1) is 0 Å². The first-order chi connectivity index (χ1) is 9.14. The lowest BCUT2D eigenvalue weighted by Crippen LogP contribution is -2.55. The highest BCUT2D eigenvalue weighted by molar-refractivity contribution is 5.88. The third-order valence-electron chi connectivity index (χ3n) is 4.10. The van der Waals surface area contributed by atoms with Gasteiger partial charge in [0.15, 0.2) is 0 Å². The van der Waals surface area contributed by atoms with E-state index in [4.69, 9.17) is 4.42 Å². The Morgan fingerprint density at radius 3 is 3.11 bits per heavy atom. The number of aromatic nitrogens is 1. The summed E-state index contributed by atoms with van der Waals surface area (Å²) in [6.45, 7) is 2.97. The van der Waals surface area contributed by atoms with Crippen molar-refractivity contribution >= 4 is 16.8 Å². The van der Waals surface area contributed by atoms with Crippen molar-refractivity contribution in [2.45, 2.75) is 31.5 Å². The minimum Gasteiger partial charge on any atom is -0.464 e. The van der Waals surface area contributed by atoms with Crippen LogP contribution in [0.15, 0.2) is 29.0 Å². The van der Waals surface area contributed by atoms with Crippen LogP contribution in [0.3, 0.4) is 0 Å². The smallest absolute Gasteiger partial charge is 0.139 e. The molecule has 0 unspecified atom stereocenters. The summed E-state index contributed by atoms with van der Waals surface area (Å²) in [6, 6.07) is 3.70. The van der Waals surface area contributed by atoms with Crippen molar-refractivity contribution < 1.29 is 14.6 Å². The number of pyridine rings is 1. The number of piperidine rings is 1. The van der Waals surface area contributed by atoms with Crippen molar-refractivity contribution in [3.8, 4) is 0 Å². The minimum atomic E-state index is -0.971. The molecule has 0 aliphatic carbocycles. The second-order valence-electron chi connectivity index (χ2n) is 5.14. The number of anilines is 1. The van der Waals surface area contributed by atoms with Crippen LogP contribution in [0.25, 0.3) is 11.0 Å². The highest BCUT2D eigenvalue weighted by Crippen LogP contribution is 2.31. The van der Waals surface area contributed by atoms with Crippen LogP contribution in [-0.4, -0.2) is 40.0 Å². The zero-order valence-corrected chi connectivity index (χ0v) is 10.9. The number of β-amino-alcohol motifs (C(OH)–C–C–N with tert-alkyl or cyclic N) is 1. The fourth-order valence-electron chi connectivity index (χ4n) is 2.70. The first-order valence-electron chi connectivity index (χ1n) is 6.61. The van der Waals surface area contributed by atoms with Crippen molar-refractivity contribution in [1.82, 2.24) is 4.98 Å². The molecule has 5 nitrogen and oxygen atoms in total. The van der Waals surface area contributed by atoms with Crippen LogP contribution in [0.4, 0.5) is 5.82 Å². The Morgan fingerprint density at radius 2 is 2.37 bits per heavy atom. The topological polar surface area (TPSA) is 69.7 Å². The van der Waals surface area contributed by atoms with E-state index in [0.29, 0.717) is 25.9 Å². The molecule has 19 heavy (non-hydrogen) atoms. The summed E-state index contributed by atoms with van der Waals surface area (Å²) in [5.74, 6) is 0.809. The number of aliphatic hydroxyl groups excluding tert-OH is 1. The van der Waals surface area contributed by atoms with Gasteiger partial charge < -0.3 is 19.5 Å². The van der Waals surface area contributed by atoms with Crippen LogP contribution in [0.1, 0.15) is 19.8 Å². The lowest BCUT2D eigenvalue weighted by atomic mass is 9.86. The zero-order valence-electron chi connectivity index (χ0n) is 10.9. The molecule has 0 amide bonds. The molecule has 0 bridgehead atoms. The van der Waals surface area contributed by atoms with E-state index in [9.17, 15) is 10.2 Å². The molecular weight excluding hydrogens is 244 g/mol. The molecule has 1 fully saturated rings. The Balaban J connectivity index is 1.90. The predicted octanol–water partition coefficient (Wildman–Crippen LogP) is 1.54. The zero-order chi connectivity index (χ0) is 13.5. The Hall–Kier alpha value is -1.59. The number of aliphatic hydroxyl groups is 2. The van der Waals surface area contributed by atoms with Crippen molar-refractivity contribution in [3.05, 3.63) is 24.6 Å². The second kappa shape index (κ2) is 4.51. The van der Waals surface area contributed by atoms with E-state index in [1.807, 2.05) is 24.0 Å². The van der Waals surface area contributed by atoms with Gasteiger partial charge in [-0.05, 0) is 25.0 Å². The minimum absolute atomic E-state index is 0.391. The van der Waals surface area contributed by atoms with Gasteiger partial charge in [0.2, 0.25) is 0 Å².